The highest BCUT2D eigenvalue weighted by molar-refractivity contribution is 5.84. The Bertz CT molecular complexity index is 536. The summed E-state index contributed by atoms with van der Waals surface area (Å²) in [5, 5.41) is 7.39. The number of ether oxygens (including phenoxy) is 1. The number of rotatable bonds is 3. The third-order valence-corrected chi connectivity index (χ3v) is 2.09. The van der Waals surface area contributed by atoms with Crippen molar-refractivity contribution in [3.8, 4) is 11.6 Å². The molecule has 0 amide bonds. The molecular formula is C11H11N3O3. The minimum atomic E-state index is -0.625. The second-order valence-electron chi connectivity index (χ2n) is 3.30. The Morgan fingerprint density at radius 2 is 2.29 bits per heavy atom. The van der Waals surface area contributed by atoms with E-state index in [1.165, 1.54) is 0 Å². The van der Waals surface area contributed by atoms with E-state index in [9.17, 15) is 4.79 Å². The first-order valence-electron chi connectivity index (χ1n) is 5.15. The molecule has 0 unspecified atom stereocenters. The van der Waals surface area contributed by atoms with Crippen LogP contribution in [0.25, 0.3) is 11.6 Å². The predicted octanol–water partition coefficient (Wildman–Crippen LogP) is 1.62. The number of aromatic nitrogens is 3. The topological polar surface area (TPSA) is 78.1 Å². The number of nitrogens with zero attached hydrogens (tertiary/aromatic N) is 3. The van der Waals surface area contributed by atoms with Crippen LogP contribution in [0.2, 0.25) is 0 Å². The van der Waals surface area contributed by atoms with Gasteiger partial charge >= 0.3 is 11.9 Å². The number of esters is 1. The zero-order chi connectivity index (χ0) is 12.3. The van der Waals surface area contributed by atoms with E-state index < -0.39 is 5.97 Å². The molecule has 88 valence electrons. The molecule has 0 spiro atoms. The number of pyridine rings is 1. The molecule has 0 fully saturated rings. The Kier molecular flexibility index (Phi) is 3.13. The lowest BCUT2D eigenvalue weighted by molar-refractivity contribution is 0.0481. The smallest absolute Gasteiger partial charge is 0.396 e. The van der Waals surface area contributed by atoms with Crippen molar-refractivity contribution in [3.63, 3.8) is 0 Å². The Hall–Kier alpha value is -2.24. The molecule has 0 atom stereocenters. The summed E-state index contributed by atoms with van der Waals surface area (Å²) < 4.78 is 9.96. The van der Waals surface area contributed by atoms with E-state index >= 15 is 0 Å². The molecule has 0 saturated carbocycles. The molecule has 2 rings (SSSR count). The zero-order valence-corrected chi connectivity index (χ0v) is 9.51. The lowest BCUT2D eigenvalue weighted by Gasteiger charge is -1.97. The van der Waals surface area contributed by atoms with E-state index in [1.807, 2.05) is 19.1 Å². The molecule has 0 bridgehead atoms. The fourth-order valence-corrected chi connectivity index (χ4v) is 1.30. The van der Waals surface area contributed by atoms with Crippen LogP contribution >= 0.6 is 0 Å². The fourth-order valence-electron chi connectivity index (χ4n) is 1.30. The summed E-state index contributed by atoms with van der Waals surface area (Å²) in [6.07, 6.45) is 1.62. The molecule has 17 heavy (non-hydrogen) atoms. The van der Waals surface area contributed by atoms with Crippen LogP contribution in [0.4, 0.5) is 0 Å². The van der Waals surface area contributed by atoms with E-state index in [0.717, 1.165) is 5.56 Å². The van der Waals surface area contributed by atoms with Crippen LogP contribution in [0.1, 0.15) is 23.2 Å². The van der Waals surface area contributed by atoms with Crippen molar-refractivity contribution < 1.29 is 13.9 Å². The molecule has 0 saturated heterocycles. The quantitative estimate of drug-likeness (QED) is 0.749. The number of hydrogen-bond acceptors (Lipinski definition) is 6. The minimum Gasteiger partial charge on any atom is -0.459 e. The van der Waals surface area contributed by atoms with Gasteiger partial charge in [0.2, 0.25) is 0 Å². The van der Waals surface area contributed by atoms with Crippen LogP contribution in [-0.4, -0.2) is 27.8 Å². The molecule has 0 aliphatic rings. The van der Waals surface area contributed by atoms with Crippen LogP contribution in [0.15, 0.2) is 22.7 Å². The van der Waals surface area contributed by atoms with Gasteiger partial charge in [0.1, 0.15) is 5.69 Å². The van der Waals surface area contributed by atoms with Gasteiger partial charge in [-0.05, 0) is 25.5 Å². The van der Waals surface area contributed by atoms with Crippen molar-refractivity contribution in [2.24, 2.45) is 0 Å². The summed E-state index contributed by atoms with van der Waals surface area (Å²) in [4.78, 5) is 15.5. The average Bonchev–Trinajstić information content (AvgIpc) is 2.79. The van der Waals surface area contributed by atoms with Crippen LogP contribution in [0, 0.1) is 6.92 Å². The average molecular weight is 233 g/mol. The van der Waals surface area contributed by atoms with Crippen molar-refractivity contribution in [1.82, 2.24) is 15.2 Å². The molecule has 0 aliphatic heterocycles. The van der Waals surface area contributed by atoms with Crippen molar-refractivity contribution in [3.05, 3.63) is 29.8 Å². The van der Waals surface area contributed by atoms with E-state index in [0.29, 0.717) is 5.69 Å². The van der Waals surface area contributed by atoms with E-state index in [4.69, 9.17) is 9.15 Å². The number of carbonyl (C=O) groups excluding carboxylic acids is 1. The summed E-state index contributed by atoms with van der Waals surface area (Å²) in [5.41, 5.74) is 1.46. The first kappa shape index (κ1) is 11.3. The Morgan fingerprint density at radius 1 is 1.47 bits per heavy atom. The number of carbonyl (C=O) groups is 1. The van der Waals surface area contributed by atoms with Crippen LogP contribution in [0.5, 0.6) is 0 Å². The van der Waals surface area contributed by atoms with Gasteiger partial charge in [0.05, 0.1) is 6.61 Å². The largest absolute Gasteiger partial charge is 0.459 e. The SMILES string of the molecule is CCOC(=O)c1nnc(-c2ncccc2C)o1. The normalized spacial score (nSPS) is 10.2. The van der Waals surface area contributed by atoms with Gasteiger partial charge in [0, 0.05) is 6.20 Å². The summed E-state index contributed by atoms with van der Waals surface area (Å²) in [6, 6.07) is 3.68. The fraction of sp³-hybridized carbons (Fsp3) is 0.273. The summed E-state index contributed by atoms with van der Waals surface area (Å²) >= 11 is 0. The maximum atomic E-state index is 11.3. The van der Waals surface area contributed by atoms with Gasteiger partial charge < -0.3 is 9.15 Å². The van der Waals surface area contributed by atoms with Crippen molar-refractivity contribution >= 4 is 5.97 Å². The number of aryl methyl sites for hydroxylation is 1. The number of hydrogen-bond donors (Lipinski definition) is 0. The first-order chi connectivity index (χ1) is 8.22. The van der Waals surface area contributed by atoms with E-state index in [-0.39, 0.29) is 18.4 Å². The maximum absolute atomic E-state index is 11.3. The second-order valence-corrected chi connectivity index (χ2v) is 3.30. The zero-order valence-electron chi connectivity index (χ0n) is 9.51. The lowest BCUT2D eigenvalue weighted by atomic mass is 10.2. The monoisotopic (exact) mass is 233 g/mol. The van der Waals surface area contributed by atoms with Gasteiger partial charge in [0.15, 0.2) is 0 Å². The molecule has 2 aromatic rings. The second kappa shape index (κ2) is 4.73. The van der Waals surface area contributed by atoms with Crippen molar-refractivity contribution in [2.75, 3.05) is 6.61 Å². The first-order valence-corrected chi connectivity index (χ1v) is 5.15. The molecular weight excluding hydrogens is 222 g/mol. The van der Waals surface area contributed by atoms with Crippen molar-refractivity contribution in [2.45, 2.75) is 13.8 Å². The van der Waals surface area contributed by atoms with Crippen LogP contribution < -0.4 is 0 Å². The Balaban J connectivity index is 2.30. The minimum absolute atomic E-state index is 0.160. The molecule has 0 radical (unpaired) electrons. The molecule has 0 N–H and O–H groups in total. The maximum Gasteiger partial charge on any atom is 0.396 e. The van der Waals surface area contributed by atoms with Crippen LogP contribution in [0.3, 0.4) is 0 Å². The van der Waals surface area contributed by atoms with Gasteiger partial charge in [-0.1, -0.05) is 6.07 Å². The molecule has 0 aliphatic carbocycles. The Labute approximate surface area is 97.6 Å². The summed E-state index contributed by atoms with van der Waals surface area (Å²) in [7, 11) is 0. The van der Waals surface area contributed by atoms with Gasteiger partial charge in [-0.3, -0.25) is 4.98 Å². The predicted molar refractivity (Wildman–Crippen MR) is 58.2 cm³/mol. The lowest BCUT2D eigenvalue weighted by Crippen LogP contribution is -2.04. The summed E-state index contributed by atoms with van der Waals surface area (Å²) in [6.45, 7) is 3.84. The molecule has 2 heterocycles. The van der Waals surface area contributed by atoms with E-state index in [1.54, 1.807) is 13.1 Å². The molecule has 0 aromatic carbocycles. The highest BCUT2D eigenvalue weighted by Gasteiger charge is 2.18. The molecule has 2 aromatic heterocycles. The molecule has 6 nitrogen and oxygen atoms in total. The van der Waals surface area contributed by atoms with Gasteiger partial charge in [-0.15, -0.1) is 10.2 Å². The van der Waals surface area contributed by atoms with Gasteiger partial charge in [-0.25, -0.2) is 4.79 Å². The van der Waals surface area contributed by atoms with E-state index in [2.05, 4.69) is 15.2 Å². The Morgan fingerprint density at radius 3 is 3.00 bits per heavy atom. The van der Waals surface area contributed by atoms with Crippen molar-refractivity contribution in [1.29, 1.82) is 0 Å². The highest BCUT2D eigenvalue weighted by atomic mass is 16.5. The third kappa shape index (κ3) is 2.30. The van der Waals surface area contributed by atoms with Gasteiger partial charge in [0.25, 0.3) is 5.89 Å². The standard InChI is InChI=1S/C11H11N3O3/c1-3-16-11(15)10-14-13-9(17-10)8-7(2)5-4-6-12-8/h4-6H,3H2,1-2H3. The van der Waals surface area contributed by atoms with Crippen LogP contribution in [-0.2, 0) is 4.74 Å². The van der Waals surface area contributed by atoms with Gasteiger partial charge in [-0.2, -0.15) is 0 Å². The highest BCUT2D eigenvalue weighted by Crippen LogP contribution is 2.18. The molecule has 6 heteroatoms. The third-order valence-electron chi connectivity index (χ3n) is 2.09. The summed E-state index contributed by atoms with van der Waals surface area (Å²) in [5.74, 6) is -0.571.